The molecule has 0 aromatic heterocycles. The summed E-state index contributed by atoms with van der Waals surface area (Å²) in [5, 5.41) is 0. The Kier molecular flexibility index (Phi) is 6.22. The predicted molar refractivity (Wildman–Crippen MR) is 64.3 cm³/mol. The molecule has 0 radical (unpaired) electrons. The second kappa shape index (κ2) is 7.20. The lowest BCUT2D eigenvalue weighted by molar-refractivity contribution is -0.0401. The monoisotopic (exact) mass is 214 g/mol. The van der Waals surface area contributed by atoms with Gasteiger partial charge in [0, 0.05) is 19.6 Å². The van der Waals surface area contributed by atoms with Crippen LogP contribution in [0.15, 0.2) is 0 Å². The van der Waals surface area contributed by atoms with Gasteiger partial charge in [0.25, 0.3) is 0 Å². The SMILES string of the molecule is CCCCN1CCO[C@@H](CN(C)CC)C1. The molecule has 0 spiro atoms. The lowest BCUT2D eigenvalue weighted by Gasteiger charge is -2.34. The predicted octanol–water partition coefficient (Wildman–Crippen LogP) is 1.44. The van der Waals surface area contributed by atoms with Crippen molar-refractivity contribution < 1.29 is 4.74 Å². The minimum absolute atomic E-state index is 0.417. The highest BCUT2D eigenvalue weighted by atomic mass is 16.5. The van der Waals surface area contributed by atoms with E-state index in [1.807, 2.05) is 0 Å². The van der Waals surface area contributed by atoms with Crippen molar-refractivity contribution in [3.8, 4) is 0 Å². The highest BCUT2D eigenvalue weighted by molar-refractivity contribution is 4.73. The van der Waals surface area contributed by atoms with Gasteiger partial charge in [-0.2, -0.15) is 0 Å². The fourth-order valence-electron chi connectivity index (χ4n) is 1.95. The molecule has 0 aromatic carbocycles. The molecule has 90 valence electrons. The smallest absolute Gasteiger partial charge is 0.0829 e. The summed E-state index contributed by atoms with van der Waals surface area (Å²) in [6, 6.07) is 0. The Labute approximate surface area is 94.4 Å². The van der Waals surface area contributed by atoms with Crippen molar-refractivity contribution in [3.05, 3.63) is 0 Å². The number of hydrogen-bond donors (Lipinski definition) is 0. The summed E-state index contributed by atoms with van der Waals surface area (Å²) < 4.78 is 5.78. The molecule has 0 unspecified atom stereocenters. The highest BCUT2D eigenvalue weighted by Gasteiger charge is 2.20. The topological polar surface area (TPSA) is 15.7 Å². The molecule has 15 heavy (non-hydrogen) atoms. The number of rotatable bonds is 6. The molecule has 1 fully saturated rings. The first-order chi connectivity index (χ1) is 7.26. The third kappa shape index (κ3) is 4.96. The third-order valence-electron chi connectivity index (χ3n) is 3.11. The molecule has 1 saturated heterocycles. The van der Waals surface area contributed by atoms with Crippen molar-refractivity contribution in [2.24, 2.45) is 0 Å². The summed E-state index contributed by atoms with van der Waals surface area (Å²) in [5.74, 6) is 0. The fourth-order valence-corrected chi connectivity index (χ4v) is 1.95. The van der Waals surface area contributed by atoms with Gasteiger partial charge < -0.3 is 9.64 Å². The van der Waals surface area contributed by atoms with Crippen LogP contribution in [0.25, 0.3) is 0 Å². The second-order valence-electron chi connectivity index (χ2n) is 4.50. The normalized spacial score (nSPS) is 23.6. The van der Waals surface area contributed by atoms with Gasteiger partial charge in [0.2, 0.25) is 0 Å². The van der Waals surface area contributed by atoms with Gasteiger partial charge in [-0.15, -0.1) is 0 Å². The quantitative estimate of drug-likeness (QED) is 0.665. The van der Waals surface area contributed by atoms with E-state index in [0.717, 1.165) is 32.8 Å². The Morgan fingerprint density at radius 1 is 1.40 bits per heavy atom. The summed E-state index contributed by atoms with van der Waals surface area (Å²) in [7, 11) is 2.16. The van der Waals surface area contributed by atoms with Crippen molar-refractivity contribution in [1.82, 2.24) is 9.80 Å². The van der Waals surface area contributed by atoms with Crippen LogP contribution >= 0.6 is 0 Å². The molecular weight excluding hydrogens is 188 g/mol. The van der Waals surface area contributed by atoms with Gasteiger partial charge in [-0.25, -0.2) is 0 Å². The third-order valence-corrected chi connectivity index (χ3v) is 3.11. The van der Waals surface area contributed by atoms with E-state index in [2.05, 4.69) is 30.7 Å². The molecule has 0 saturated carbocycles. The maximum absolute atomic E-state index is 5.78. The lowest BCUT2D eigenvalue weighted by atomic mass is 10.2. The van der Waals surface area contributed by atoms with Gasteiger partial charge in [0.1, 0.15) is 0 Å². The van der Waals surface area contributed by atoms with Crippen LogP contribution in [0.2, 0.25) is 0 Å². The fraction of sp³-hybridized carbons (Fsp3) is 1.00. The van der Waals surface area contributed by atoms with Crippen LogP contribution in [0, 0.1) is 0 Å². The average molecular weight is 214 g/mol. The number of ether oxygens (including phenoxy) is 1. The van der Waals surface area contributed by atoms with E-state index in [4.69, 9.17) is 4.74 Å². The Morgan fingerprint density at radius 2 is 2.20 bits per heavy atom. The van der Waals surface area contributed by atoms with E-state index in [1.165, 1.54) is 19.4 Å². The molecule has 0 aliphatic carbocycles. The molecule has 1 aliphatic heterocycles. The van der Waals surface area contributed by atoms with Crippen LogP contribution in [0.1, 0.15) is 26.7 Å². The van der Waals surface area contributed by atoms with Crippen LogP contribution in [-0.2, 0) is 4.74 Å². The zero-order chi connectivity index (χ0) is 11.1. The standard InChI is InChI=1S/C12H26N2O/c1-4-6-7-14-8-9-15-12(11-14)10-13(3)5-2/h12H,4-11H2,1-3H3/t12-/m0/s1. The first-order valence-corrected chi connectivity index (χ1v) is 6.28. The Bertz CT molecular complexity index is 164. The molecule has 0 bridgehead atoms. The van der Waals surface area contributed by atoms with Gasteiger partial charge in [-0.05, 0) is 26.6 Å². The zero-order valence-electron chi connectivity index (χ0n) is 10.5. The van der Waals surface area contributed by atoms with Crippen molar-refractivity contribution >= 4 is 0 Å². The first kappa shape index (κ1) is 12.9. The van der Waals surface area contributed by atoms with E-state index >= 15 is 0 Å². The Hall–Kier alpha value is -0.120. The molecule has 0 N–H and O–H groups in total. The van der Waals surface area contributed by atoms with Crippen LogP contribution in [0.4, 0.5) is 0 Å². The molecular formula is C12H26N2O. The van der Waals surface area contributed by atoms with E-state index in [-0.39, 0.29) is 0 Å². The molecule has 1 rings (SSSR count). The van der Waals surface area contributed by atoms with Crippen molar-refractivity contribution in [3.63, 3.8) is 0 Å². The summed E-state index contributed by atoms with van der Waals surface area (Å²) in [6.07, 6.45) is 3.02. The first-order valence-electron chi connectivity index (χ1n) is 6.28. The minimum Gasteiger partial charge on any atom is -0.374 e. The lowest BCUT2D eigenvalue weighted by Crippen LogP contribution is -2.47. The maximum Gasteiger partial charge on any atom is 0.0829 e. The molecule has 1 heterocycles. The highest BCUT2D eigenvalue weighted by Crippen LogP contribution is 2.07. The Morgan fingerprint density at radius 3 is 2.87 bits per heavy atom. The molecule has 0 aromatic rings. The average Bonchev–Trinajstić information content (AvgIpc) is 2.26. The van der Waals surface area contributed by atoms with E-state index in [9.17, 15) is 0 Å². The number of unbranched alkanes of at least 4 members (excludes halogenated alkanes) is 1. The number of hydrogen-bond acceptors (Lipinski definition) is 3. The molecule has 1 aliphatic rings. The summed E-state index contributed by atoms with van der Waals surface area (Å²) in [4.78, 5) is 4.87. The minimum atomic E-state index is 0.417. The summed E-state index contributed by atoms with van der Waals surface area (Å²) in [6.45, 7) is 11.0. The van der Waals surface area contributed by atoms with Crippen molar-refractivity contribution in [2.45, 2.75) is 32.8 Å². The number of likely N-dealkylation sites (N-methyl/N-ethyl adjacent to an activating group) is 1. The largest absolute Gasteiger partial charge is 0.374 e. The van der Waals surface area contributed by atoms with Crippen molar-refractivity contribution in [1.29, 1.82) is 0 Å². The van der Waals surface area contributed by atoms with Gasteiger partial charge in [-0.1, -0.05) is 20.3 Å². The second-order valence-corrected chi connectivity index (χ2v) is 4.50. The van der Waals surface area contributed by atoms with Gasteiger partial charge in [0.05, 0.1) is 12.7 Å². The van der Waals surface area contributed by atoms with E-state index in [0.29, 0.717) is 6.10 Å². The van der Waals surface area contributed by atoms with Gasteiger partial charge in [-0.3, -0.25) is 4.90 Å². The van der Waals surface area contributed by atoms with Gasteiger partial charge >= 0.3 is 0 Å². The van der Waals surface area contributed by atoms with Gasteiger partial charge in [0.15, 0.2) is 0 Å². The van der Waals surface area contributed by atoms with Crippen molar-refractivity contribution in [2.75, 3.05) is 46.4 Å². The Balaban J connectivity index is 2.22. The van der Waals surface area contributed by atoms with Crippen LogP contribution in [-0.4, -0.2) is 62.3 Å². The summed E-state index contributed by atoms with van der Waals surface area (Å²) in [5.41, 5.74) is 0. The summed E-state index contributed by atoms with van der Waals surface area (Å²) >= 11 is 0. The molecule has 3 nitrogen and oxygen atoms in total. The zero-order valence-corrected chi connectivity index (χ0v) is 10.5. The van der Waals surface area contributed by atoms with E-state index in [1.54, 1.807) is 0 Å². The molecule has 1 atom stereocenters. The molecule has 3 heteroatoms. The number of morpholine rings is 1. The maximum atomic E-state index is 5.78. The van der Waals surface area contributed by atoms with E-state index < -0.39 is 0 Å². The molecule has 0 amide bonds. The van der Waals surface area contributed by atoms with Crippen LogP contribution < -0.4 is 0 Å². The number of nitrogens with zero attached hydrogens (tertiary/aromatic N) is 2. The van der Waals surface area contributed by atoms with Crippen LogP contribution in [0.5, 0.6) is 0 Å². The van der Waals surface area contributed by atoms with Crippen LogP contribution in [0.3, 0.4) is 0 Å².